The van der Waals surface area contributed by atoms with Crippen molar-refractivity contribution >= 4 is 27.5 Å². The van der Waals surface area contributed by atoms with E-state index in [2.05, 4.69) is 35.1 Å². The first-order valence-corrected chi connectivity index (χ1v) is 9.61. The zero-order valence-corrected chi connectivity index (χ0v) is 17.3. The van der Waals surface area contributed by atoms with Gasteiger partial charge in [-0.05, 0) is 54.3 Å². The minimum atomic E-state index is 0.440. The van der Waals surface area contributed by atoms with Crippen LogP contribution in [-0.2, 0) is 13.2 Å². The molecule has 0 spiro atoms. The zero-order valence-electron chi connectivity index (χ0n) is 14.9. The quantitative estimate of drug-likeness (QED) is 0.512. The Hall–Kier alpha value is -1.23. The van der Waals surface area contributed by atoms with Gasteiger partial charge in [0.15, 0.2) is 11.5 Å². The molecule has 2 aromatic rings. The summed E-state index contributed by atoms with van der Waals surface area (Å²) in [5.41, 5.74) is 2.17. The van der Waals surface area contributed by atoms with Crippen molar-refractivity contribution in [2.45, 2.75) is 33.4 Å². The van der Waals surface area contributed by atoms with E-state index in [1.54, 1.807) is 7.11 Å². The molecule has 2 rings (SSSR count). The van der Waals surface area contributed by atoms with Crippen molar-refractivity contribution in [3.63, 3.8) is 0 Å². The van der Waals surface area contributed by atoms with Crippen LogP contribution in [0.2, 0.25) is 5.02 Å². The van der Waals surface area contributed by atoms with E-state index >= 15 is 0 Å². The maximum Gasteiger partial charge on any atom is 0.162 e. The first-order chi connectivity index (χ1) is 12.0. The van der Waals surface area contributed by atoms with Crippen molar-refractivity contribution in [2.75, 3.05) is 13.7 Å². The van der Waals surface area contributed by atoms with Crippen molar-refractivity contribution in [3.05, 3.63) is 57.0 Å². The summed E-state index contributed by atoms with van der Waals surface area (Å²) in [5, 5.41) is 4.17. The molecule has 0 aromatic heterocycles. The molecule has 136 valence electrons. The Labute approximate surface area is 163 Å². The second-order valence-corrected chi connectivity index (χ2v) is 7.66. The average Bonchev–Trinajstić information content (AvgIpc) is 2.58. The monoisotopic (exact) mass is 425 g/mol. The predicted molar refractivity (Wildman–Crippen MR) is 108 cm³/mol. The third-order valence-corrected chi connectivity index (χ3v) is 4.80. The Kier molecular flexibility index (Phi) is 8.07. The van der Waals surface area contributed by atoms with Gasteiger partial charge in [-0.25, -0.2) is 0 Å². The molecule has 2 aromatic carbocycles. The second-order valence-electron chi connectivity index (χ2n) is 6.37. The fourth-order valence-electron chi connectivity index (χ4n) is 2.39. The lowest BCUT2D eigenvalue weighted by atomic mass is 10.1. The highest BCUT2D eigenvalue weighted by Gasteiger charge is 2.11. The molecule has 3 nitrogen and oxygen atoms in total. The number of nitrogens with one attached hydrogen (secondary N) is 1. The molecular weight excluding hydrogens is 402 g/mol. The minimum absolute atomic E-state index is 0.440. The smallest absolute Gasteiger partial charge is 0.162 e. The fraction of sp³-hybridized carbons (Fsp3) is 0.400. The van der Waals surface area contributed by atoms with Gasteiger partial charge in [0.05, 0.1) is 7.11 Å². The summed E-state index contributed by atoms with van der Waals surface area (Å²) in [6.07, 6.45) is 1.16. The molecule has 0 bridgehead atoms. The average molecular weight is 427 g/mol. The largest absolute Gasteiger partial charge is 0.493 e. The highest BCUT2D eigenvalue weighted by atomic mass is 79.9. The number of methoxy groups -OCH3 is 1. The van der Waals surface area contributed by atoms with Gasteiger partial charge >= 0.3 is 0 Å². The number of ether oxygens (including phenoxy) is 2. The topological polar surface area (TPSA) is 30.5 Å². The molecule has 0 aliphatic heterocycles. The van der Waals surface area contributed by atoms with Gasteiger partial charge in [0, 0.05) is 16.0 Å². The van der Waals surface area contributed by atoms with E-state index in [1.165, 1.54) is 0 Å². The standard InChI is InChI=1S/C20H25BrClNO2/c1-14(2)7-8-23-12-16-10-19(24-3)20(11-18(16)21)25-13-15-5-4-6-17(22)9-15/h4-6,9-11,14,23H,7-8,12-13H2,1-3H3. The lowest BCUT2D eigenvalue weighted by molar-refractivity contribution is 0.284. The first-order valence-electron chi connectivity index (χ1n) is 8.44. The Bertz CT molecular complexity index is 691. The lowest BCUT2D eigenvalue weighted by Gasteiger charge is -2.15. The normalized spacial score (nSPS) is 11.0. The van der Waals surface area contributed by atoms with E-state index < -0.39 is 0 Å². The molecular formula is C20H25BrClNO2. The predicted octanol–water partition coefficient (Wildman–Crippen LogP) is 5.83. The van der Waals surface area contributed by atoms with Crippen LogP contribution in [0.5, 0.6) is 11.5 Å². The van der Waals surface area contributed by atoms with E-state index in [0.717, 1.165) is 40.9 Å². The van der Waals surface area contributed by atoms with Gasteiger partial charge in [0.1, 0.15) is 6.61 Å². The number of halogens is 2. The molecule has 0 saturated heterocycles. The zero-order chi connectivity index (χ0) is 18.2. The van der Waals surface area contributed by atoms with E-state index in [9.17, 15) is 0 Å². The van der Waals surface area contributed by atoms with Crippen LogP contribution in [-0.4, -0.2) is 13.7 Å². The Morgan fingerprint density at radius 2 is 1.96 bits per heavy atom. The third kappa shape index (κ3) is 6.53. The number of hydrogen-bond acceptors (Lipinski definition) is 3. The van der Waals surface area contributed by atoms with Crippen LogP contribution in [0.25, 0.3) is 0 Å². The summed E-state index contributed by atoms with van der Waals surface area (Å²) in [5.74, 6) is 2.14. The van der Waals surface area contributed by atoms with Gasteiger partial charge in [-0.2, -0.15) is 0 Å². The van der Waals surface area contributed by atoms with Crippen molar-refractivity contribution in [1.82, 2.24) is 5.32 Å². The van der Waals surface area contributed by atoms with Gasteiger partial charge in [-0.15, -0.1) is 0 Å². The van der Waals surface area contributed by atoms with Crippen LogP contribution in [0.4, 0.5) is 0 Å². The molecule has 0 aliphatic rings. The molecule has 1 N–H and O–H groups in total. The number of benzene rings is 2. The van der Waals surface area contributed by atoms with E-state index in [1.807, 2.05) is 36.4 Å². The molecule has 0 saturated carbocycles. The summed E-state index contributed by atoms with van der Waals surface area (Å²) in [6, 6.07) is 11.6. The molecule has 0 radical (unpaired) electrons. The van der Waals surface area contributed by atoms with Gasteiger partial charge in [-0.1, -0.05) is 53.5 Å². The highest BCUT2D eigenvalue weighted by Crippen LogP contribution is 2.34. The lowest BCUT2D eigenvalue weighted by Crippen LogP contribution is -2.16. The Balaban J connectivity index is 2.02. The van der Waals surface area contributed by atoms with Crippen LogP contribution < -0.4 is 14.8 Å². The molecule has 0 atom stereocenters. The Morgan fingerprint density at radius 3 is 2.64 bits per heavy atom. The maximum atomic E-state index is 6.02. The van der Waals surface area contributed by atoms with Crippen LogP contribution in [0.15, 0.2) is 40.9 Å². The van der Waals surface area contributed by atoms with Crippen molar-refractivity contribution in [3.8, 4) is 11.5 Å². The van der Waals surface area contributed by atoms with E-state index in [-0.39, 0.29) is 0 Å². The van der Waals surface area contributed by atoms with Gasteiger partial charge in [0.2, 0.25) is 0 Å². The summed E-state index contributed by atoms with van der Waals surface area (Å²) in [4.78, 5) is 0. The van der Waals surface area contributed by atoms with Crippen LogP contribution in [0.1, 0.15) is 31.4 Å². The summed E-state index contributed by atoms with van der Waals surface area (Å²) in [7, 11) is 1.66. The fourth-order valence-corrected chi connectivity index (χ4v) is 3.06. The van der Waals surface area contributed by atoms with E-state index in [0.29, 0.717) is 23.3 Å². The summed E-state index contributed by atoms with van der Waals surface area (Å²) < 4.78 is 12.4. The molecule has 0 unspecified atom stereocenters. The molecule has 25 heavy (non-hydrogen) atoms. The van der Waals surface area contributed by atoms with Crippen LogP contribution in [0, 0.1) is 5.92 Å². The molecule has 0 fully saturated rings. The molecule has 5 heteroatoms. The first kappa shape index (κ1) is 20.1. The SMILES string of the molecule is COc1cc(CNCCC(C)C)c(Br)cc1OCc1cccc(Cl)c1. The number of rotatable bonds is 9. The van der Waals surface area contributed by atoms with Crippen molar-refractivity contribution < 1.29 is 9.47 Å². The second kappa shape index (κ2) is 10.0. The minimum Gasteiger partial charge on any atom is -0.493 e. The van der Waals surface area contributed by atoms with Gasteiger partial charge in [0.25, 0.3) is 0 Å². The maximum absolute atomic E-state index is 6.02. The third-order valence-electron chi connectivity index (χ3n) is 3.83. The highest BCUT2D eigenvalue weighted by molar-refractivity contribution is 9.10. The molecule has 0 aliphatic carbocycles. The van der Waals surface area contributed by atoms with Crippen LogP contribution in [0.3, 0.4) is 0 Å². The van der Waals surface area contributed by atoms with Gasteiger partial charge < -0.3 is 14.8 Å². The summed E-state index contributed by atoms with van der Waals surface area (Å²) >= 11 is 9.65. The van der Waals surface area contributed by atoms with E-state index in [4.69, 9.17) is 21.1 Å². The molecule has 0 heterocycles. The molecule has 0 amide bonds. The van der Waals surface area contributed by atoms with Gasteiger partial charge in [-0.3, -0.25) is 0 Å². The van der Waals surface area contributed by atoms with Crippen LogP contribution >= 0.6 is 27.5 Å². The number of hydrogen-bond donors (Lipinski definition) is 1. The van der Waals surface area contributed by atoms with Crippen molar-refractivity contribution in [2.24, 2.45) is 5.92 Å². The summed E-state index contributed by atoms with van der Waals surface area (Å²) in [6.45, 7) is 6.69. The Morgan fingerprint density at radius 1 is 1.16 bits per heavy atom. The van der Waals surface area contributed by atoms with Crippen molar-refractivity contribution in [1.29, 1.82) is 0 Å².